The van der Waals surface area contributed by atoms with Crippen LogP contribution in [0.15, 0.2) is 42.6 Å². The number of carbonyl (C=O) groups excluding carboxylic acids is 2. The maximum atomic E-state index is 12.4. The molecule has 4 rings (SSSR count). The van der Waals surface area contributed by atoms with Crippen LogP contribution in [-0.4, -0.2) is 53.6 Å². The fourth-order valence-electron chi connectivity index (χ4n) is 3.43. The van der Waals surface area contributed by atoms with Crippen molar-refractivity contribution in [2.45, 2.75) is 45.0 Å². The zero-order valence-electron chi connectivity index (χ0n) is 20.6. The fraction of sp³-hybridized carbons (Fsp3) is 0.304. The van der Waals surface area contributed by atoms with Gasteiger partial charge >= 0.3 is 6.36 Å². The first-order chi connectivity index (χ1) is 19.1. The highest BCUT2D eigenvalue weighted by Gasteiger charge is 2.31. The molecule has 12 nitrogen and oxygen atoms in total. The van der Waals surface area contributed by atoms with E-state index in [1.54, 1.807) is 12.1 Å². The number of aromatic nitrogens is 7. The van der Waals surface area contributed by atoms with Gasteiger partial charge in [0.05, 0.1) is 18.3 Å². The van der Waals surface area contributed by atoms with E-state index >= 15 is 0 Å². The summed E-state index contributed by atoms with van der Waals surface area (Å²) in [6, 6.07) is 8.55. The Balaban J connectivity index is 1.15. The molecule has 0 saturated carbocycles. The number of ether oxygens (including phenoxy) is 1. The third-order valence-electron chi connectivity index (χ3n) is 5.09. The van der Waals surface area contributed by atoms with Crippen LogP contribution in [0.4, 0.5) is 24.1 Å². The summed E-state index contributed by atoms with van der Waals surface area (Å²) in [5, 5.41) is 30.1. The van der Waals surface area contributed by atoms with E-state index in [0.717, 1.165) is 35.7 Å². The number of alkyl halides is 3. The second-order valence-electron chi connectivity index (χ2n) is 8.33. The summed E-state index contributed by atoms with van der Waals surface area (Å²) in [7, 11) is 0. The highest BCUT2D eigenvalue weighted by molar-refractivity contribution is 7.15. The van der Waals surface area contributed by atoms with Crippen molar-refractivity contribution in [3.8, 4) is 5.75 Å². The molecule has 0 radical (unpaired) electrons. The fourth-order valence-corrected chi connectivity index (χ4v) is 4.37. The number of carbonyl (C=O) groups is 2. The molecule has 0 bridgehead atoms. The molecule has 3 aromatic heterocycles. The van der Waals surface area contributed by atoms with Crippen LogP contribution in [0.3, 0.4) is 0 Å². The van der Waals surface area contributed by atoms with Gasteiger partial charge in [-0.05, 0) is 49.1 Å². The number of benzene rings is 1. The highest BCUT2D eigenvalue weighted by atomic mass is 35.5. The Morgan fingerprint density at radius 3 is 2.52 bits per heavy atom. The van der Waals surface area contributed by atoms with Crippen LogP contribution >= 0.6 is 22.9 Å². The van der Waals surface area contributed by atoms with Crippen molar-refractivity contribution in [3.63, 3.8) is 0 Å². The SMILES string of the molecule is O=C(Cc1cccc(OC(F)(F)F)c1)Nc1ccc(CCCCc2nnc(NC(=O)Cn3cc(Cl)nn3)s2)nn1. The van der Waals surface area contributed by atoms with Gasteiger partial charge in [-0.15, -0.1) is 33.6 Å². The first-order valence-electron chi connectivity index (χ1n) is 11.8. The average molecular weight is 596 g/mol. The number of nitrogens with one attached hydrogen (secondary N) is 2. The molecule has 17 heteroatoms. The molecule has 40 heavy (non-hydrogen) atoms. The number of hydrogen-bond donors (Lipinski definition) is 2. The summed E-state index contributed by atoms with van der Waals surface area (Å²) >= 11 is 6.96. The number of amides is 2. The van der Waals surface area contributed by atoms with Crippen LogP contribution in [0.5, 0.6) is 5.75 Å². The Bertz CT molecular complexity index is 1450. The molecule has 4 aromatic rings. The number of anilines is 2. The summed E-state index contributed by atoms with van der Waals surface area (Å²) in [5.74, 6) is -0.952. The second kappa shape index (κ2) is 13.3. The minimum atomic E-state index is -4.81. The second-order valence-corrected chi connectivity index (χ2v) is 9.77. The Kier molecular flexibility index (Phi) is 9.55. The molecule has 3 heterocycles. The van der Waals surface area contributed by atoms with Crippen LogP contribution in [0.25, 0.3) is 0 Å². The van der Waals surface area contributed by atoms with Gasteiger partial charge in [0, 0.05) is 6.42 Å². The Morgan fingerprint density at radius 2 is 1.80 bits per heavy atom. The first-order valence-corrected chi connectivity index (χ1v) is 13.0. The van der Waals surface area contributed by atoms with Crippen molar-refractivity contribution in [2.24, 2.45) is 0 Å². The van der Waals surface area contributed by atoms with Crippen LogP contribution in [0.2, 0.25) is 5.15 Å². The van der Waals surface area contributed by atoms with E-state index in [2.05, 4.69) is 46.1 Å². The Morgan fingerprint density at radius 1 is 0.975 bits per heavy atom. The molecule has 0 aliphatic rings. The Labute approximate surface area is 233 Å². The summed E-state index contributed by atoms with van der Waals surface area (Å²) in [5.41, 5.74) is 1.08. The number of aryl methyl sites for hydroxylation is 2. The third kappa shape index (κ3) is 9.53. The van der Waals surface area contributed by atoms with Gasteiger partial charge < -0.3 is 10.1 Å². The smallest absolute Gasteiger partial charge is 0.406 e. The van der Waals surface area contributed by atoms with E-state index in [-0.39, 0.29) is 29.8 Å². The molecule has 0 spiro atoms. The van der Waals surface area contributed by atoms with Gasteiger partial charge in [0.15, 0.2) is 11.0 Å². The van der Waals surface area contributed by atoms with Crippen LogP contribution in [-0.2, 0) is 35.4 Å². The predicted octanol–water partition coefficient (Wildman–Crippen LogP) is 3.86. The van der Waals surface area contributed by atoms with Gasteiger partial charge in [0.25, 0.3) is 0 Å². The lowest BCUT2D eigenvalue weighted by Gasteiger charge is -2.10. The largest absolute Gasteiger partial charge is 0.573 e. The zero-order chi connectivity index (χ0) is 28.5. The number of rotatable bonds is 12. The topological polar surface area (TPSA) is 150 Å². The van der Waals surface area contributed by atoms with Crippen molar-refractivity contribution in [2.75, 3.05) is 10.6 Å². The van der Waals surface area contributed by atoms with Crippen molar-refractivity contribution >= 4 is 45.7 Å². The molecule has 0 fully saturated rings. The number of hydrogen-bond acceptors (Lipinski definition) is 10. The lowest BCUT2D eigenvalue weighted by Crippen LogP contribution is -2.19. The molecule has 1 aromatic carbocycles. The van der Waals surface area contributed by atoms with Gasteiger partial charge in [-0.2, -0.15) is 5.10 Å². The van der Waals surface area contributed by atoms with Crippen molar-refractivity contribution in [1.82, 2.24) is 35.4 Å². The molecular formula is C23H21ClF3N9O3S. The van der Waals surface area contributed by atoms with Gasteiger partial charge in [0.1, 0.15) is 17.3 Å². The zero-order valence-corrected chi connectivity index (χ0v) is 22.1. The summed E-state index contributed by atoms with van der Waals surface area (Å²) < 4.78 is 42.3. The lowest BCUT2D eigenvalue weighted by atomic mass is 10.1. The highest BCUT2D eigenvalue weighted by Crippen LogP contribution is 2.23. The molecule has 0 aliphatic carbocycles. The van der Waals surface area contributed by atoms with E-state index in [1.807, 2.05) is 0 Å². The third-order valence-corrected chi connectivity index (χ3v) is 6.16. The van der Waals surface area contributed by atoms with Crippen LogP contribution in [0, 0.1) is 0 Å². The van der Waals surface area contributed by atoms with E-state index in [0.29, 0.717) is 23.5 Å². The van der Waals surface area contributed by atoms with Crippen molar-refractivity contribution in [3.05, 3.63) is 64.0 Å². The molecule has 2 amide bonds. The molecule has 0 unspecified atom stereocenters. The van der Waals surface area contributed by atoms with Gasteiger partial charge in [-0.25, -0.2) is 4.68 Å². The van der Waals surface area contributed by atoms with Gasteiger partial charge in [0.2, 0.25) is 16.9 Å². The average Bonchev–Trinajstić information content (AvgIpc) is 3.50. The molecule has 2 N–H and O–H groups in total. The molecular weight excluding hydrogens is 575 g/mol. The number of halogens is 4. The van der Waals surface area contributed by atoms with Crippen molar-refractivity contribution in [1.29, 1.82) is 0 Å². The molecule has 0 aliphatic heterocycles. The maximum Gasteiger partial charge on any atom is 0.573 e. The standard InChI is InChI=1S/C23H21ClF3N9O3S/c24-17-12-36(35-31-17)13-20(38)29-22-34-33-21(40-22)7-2-1-5-15-8-9-18(32-30-15)28-19(37)11-14-4-3-6-16(10-14)39-23(25,26)27/h3-4,6,8-10,12H,1-2,5,7,11,13H2,(H,28,32,37)(H,29,34,38). The van der Waals surface area contributed by atoms with E-state index in [1.165, 1.54) is 34.3 Å². The van der Waals surface area contributed by atoms with Crippen molar-refractivity contribution < 1.29 is 27.5 Å². The molecule has 0 atom stereocenters. The lowest BCUT2D eigenvalue weighted by molar-refractivity contribution is -0.274. The van der Waals surface area contributed by atoms with Gasteiger partial charge in [-0.3, -0.25) is 14.9 Å². The Hall–Kier alpha value is -4.18. The summed E-state index contributed by atoms with van der Waals surface area (Å²) in [6.07, 6.45) is -0.618. The predicted molar refractivity (Wildman–Crippen MR) is 138 cm³/mol. The minimum Gasteiger partial charge on any atom is -0.406 e. The molecule has 210 valence electrons. The van der Waals surface area contributed by atoms with Gasteiger partial charge in [-0.1, -0.05) is 40.3 Å². The maximum absolute atomic E-state index is 12.4. The quantitative estimate of drug-likeness (QED) is 0.233. The number of unbranched alkanes of at least 4 members (excludes halogenated alkanes) is 1. The van der Waals surface area contributed by atoms with Crippen LogP contribution < -0.4 is 15.4 Å². The van der Waals surface area contributed by atoms with E-state index < -0.39 is 18.0 Å². The monoisotopic (exact) mass is 595 g/mol. The summed E-state index contributed by atoms with van der Waals surface area (Å²) in [4.78, 5) is 24.3. The van der Waals surface area contributed by atoms with E-state index in [9.17, 15) is 22.8 Å². The molecule has 0 saturated heterocycles. The number of nitrogens with zero attached hydrogens (tertiary/aromatic N) is 7. The van der Waals surface area contributed by atoms with E-state index in [4.69, 9.17) is 11.6 Å². The first kappa shape index (κ1) is 28.8. The summed E-state index contributed by atoms with van der Waals surface area (Å²) in [6.45, 7) is -0.0488. The minimum absolute atomic E-state index is 0.0488. The van der Waals surface area contributed by atoms with Crippen LogP contribution in [0.1, 0.15) is 29.1 Å². The normalized spacial score (nSPS) is 11.3.